The molecule has 0 amide bonds. The maximum atomic E-state index is 13.5. The fourth-order valence-corrected chi connectivity index (χ4v) is 1.45. The average molecular weight is 192 g/mol. The first-order valence-electron chi connectivity index (χ1n) is 5.10. The monoisotopic (exact) mass is 192 g/mol. The lowest BCUT2D eigenvalue weighted by molar-refractivity contribution is 0.604. The summed E-state index contributed by atoms with van der Waals surface area (Å²) in [5.41, 5.74) is 1.81. The number of aryl methyl sites for hydroxylation is 1. The molecule has 0 nitrogen and oxygen atoms in total. The molecule has 0 heterocycles. The van der Waals surface area contributed by atoms with Crippen molar-refractivity contribution in [2.24, 2.45) is 0 Å². The second-order valence-electron chi connectivity index (χ2n) is 3.63. The van der Waals surface area contributed by atoms with E-state index in [9.17, 15) is 4.39 Å². The summed E-state index contributed by atoms with van der Waals surface area (Å²) in [6, 6.07) is 5.49. The number of allylic oxidation sites excluding steroid dienone is 1. The van der Waals surface area contributed by atoms with Gasteiger partial charge < -0.3 is 0 Å². The minimum absolute atomic E-state index is 0.0851. The molecule has 0 saturated heterocycles. The van der Waals surface area contributed by atoms with Crippen molar-refractivity contribution >= 4 is 0 Å². The van der Waals surface area contributed by atoms with Crippen molar-refractivity contribution in [3.63, 3.8) is 0 Å². The minimum atomic E-state index is -0.0851. The molecule has 1 heteroatoms. The van der Waals surface area contributed by atoms with Gasteiger partial charge in [0.15, 0.2) is 0 Å². The Hall–Kier alpha value is -1.11. The summed E-state index contributed by atoms with van der Waals surface area (Å²) in [6.45, 7) is 7.77. The van der Waals surface area contributed by atoms with Gasteiger partial charge in [0.2, 0.25) is 0 Å². The van der Waals surface area contributed by atoms with Crippen LogP contribution in [0.1, 0.15) is 37.3 Å². The Morgan fingerprint density at radius 1 is 1.50 bits per heavy atom. The Kier molecular flexibility index (Phi) is 3.87. The van der Waals surface area contributed by atoms with Crippen molar-refractivity contribution in [3.8, 4) is 0 Å². The largest absolute Gasteiger partial charge is 0.207 e. The van der Waals surface area contributed by atoms with Gasteiger partial charge in [0, 0.05) is 0 Å². The van der Waals surface area contributed by atoms with Crippen LogP contribution >= 0.6 is 0 Å². The highest BCUT2D eigenvalue weighted by molar-refractivity contribution is 5.28. The standard InChI is InChI=1S/C13H17F/c1-4-6-11-7-8-12(9-13(11)14)10(3)5-2/h5,7-10H,2,4,6H2,1,3H3. The first-order chi connectivity index (χ1) is 6.69. The van der Waals surface area contributed by atoms with Gasteiger partial charge in [-0.3, -0.25) is 0 Å². The fraction of sp³-hybridized carbons (Fsp3) is 0.385. The molecule has 0 aliphatic carbocycles. The molecule has 1 aromatic carbocycles. The zero-order valence-electron chi connectivity index (χ0n) is 8.89. The van der Waals surface area contributed by atoms with E-state index < -0.39 is 0 Å². The average Bonchev–Trinajstić information content (AvgIpc) is 2.20. The predicted molar refractivity (Wildman–Crippen MR) is 59.0 cm³/mol. The van der Waals surface area contributed by atoms with E-state index in [1.807, 2.05) is 25.1 Å². The third-order valence-corrected chi connectivity index (χ3v) is 2.48. The fourth-order valence-electron chi connectivity index (χ4n) is 1.45. The molecule has 14 heavy (non-hydrogen) atoms. The van der Waals surface area contributed by atoms with Gasteiger partial charge in [-0.2, -0.15) is 0 Å². The van der Waals surface area contributed by atoms with Gasteiger partial charge >= 0.3 is 0 Å². The molecule has 0 bridgehead atoms. The first-order valence-corrected chi connectivity index (χ1v) is 5.10. The Labute approximate surface area is 85.5 Å². The van der Waals surface area contributed by atoms with Gasteiger partial charge in [0.1, 0.15) is 5.82 Å². The third kappa shape index (κ3) is 2.44. The van der Waals surface area contributed by atoms with E-state index in [2.05, 4.69) is 13.5 Å². The van der Waals surface area contributed by atoms with E-state index in [0.29, 0.717) is 0 Å². The highest BCUT2D eigenvalue weighted by Gasteiger charge is 2.05. The van der Waals surface area contributed by atoms with Gasteiger partial charge in [-0.25, -0.2) is 4.39 Å². The topological polar surface area (TPSA) is 0 Å². The van der Waals surface area contributed by atoms with Crippen molar-refractivity contribution in [2.45, 2.75) is 32.6 Å². The van der Waals surface area contributed by atoms with E-state index in [4.69, 9.17) is 0 Å². The molecule has 76 valence electrons. The lowest BCUT2D eigenvalue weighted by atomic mass is 9.98. The van der Waals surface area contributed by atoms with E-state index in [-0.39, 0.29) is 11.7 Å². The highest BCUT2D eigenvalue weighted by Crippen LogP contribution is 2.19. The first kappa shape index (κ1) is 11.0. The van der Waals surface area contributed by atoms with Crippen molar-refractivity contribution in [1.29, 1.82) is 0 Å². The molecular formula is C13H17F. The summed E-state index contributed by atoms with van der Waals surface area (Å²) in [6.07, 6.45) is 3.62. The van der Waals surface area contributed by atoms with Gasteiger partial charge in [-0.05, 0) is 29.5 Å². The molecule has 0 fully saturated rings. The second-order valence-corrected chi connectivity index (χ2v) is 3.63. The summed E-state index contributed by atoms with van der Waals surface area (Å²) < 4.78 is 13.5. The summed E-state index contributed by atoms with van der Waals surface area (Å²) in [7, 11) is 0. The Morgan fingerprint density at radius 2 is 2.21 bits per heavy atom. The van der Waals surface area contributed by atoms with Gasteiger partial charge in [0.25, 0.3) is 0 Å². The SMILES string of the molecule is C=CC(C)c1ccc(CCC)c(F)c1. The molecule has 0 saturated carbocycles. The van der Waals surface area contributed by atoms with Crippen LogP contribution in [0.15, 0.2) is 30.9 Å². The molecule has 1 rings (SSSR count). The molecule has 0 spiro atoms. The van der Waals surface area contributed by atoms with Crippen LogP contribution < -0.4 is 0 Å². The van der Waals surface area contributed by atoms with Crippen molar-refractivity contribution in [2.75, 3.05) is 0 Å². The van der Waals surface area contributed by atoms with Crippen LogP contribution in [-0.2, 0) is 6.42 Å². The predicted octanol–water partition coefficient (Wildman–Crippen LogP) is 4.07. The molecule has 0 aliphatic heterocycles. The highest BCUT2D eigenvalue weighted by atomic mass is 19.1. The van der Waals surface area contributed by atoms with Crippen LogP contribution in [0.3, 0.4) is 0 Å². The summed E-state index contributed by atoms with van der Waals surface area (Å²) >= 11 is 0. The maximum absolute atomic E-state index is 13.5. The van der Waals surface area contributed by atoms with Gasteiger partial charge in [-0.1, -0.05) is 38.5 Å². The quantitative estimate of drug-likeness (QED) is 0.631. The summed E-state index contributed by atoms with van der Waals surface area (Å²) in [5.74, 6) is 0.137. The number of benzene rings is 1. The molecule has 1 aromatic rings. The van der Waals surface area contributed by atoms with Crippen molar-refractivity contribution in [1.82, 2.24) is 0 Å². The van der Waals surface area contributed by atoms with Crippen molar-refractivity contribution < 1.29 is 4.39 Å². The zero-order valence-corrected chi connectivity index (χ0v) is 8.89. The van der Waals surface area contributed by atoms with E-state index >= 15 is 0 Å². The van der Waals surface area contributed by atoms with Gasteiger partial charge in [-0.15, -0.1) is 6.58 Å². The molecule has 0 aliphatic rings. The molecule has 0 N–H and O–H groups in total. The number of rotatable bonds is 4. The normalized spacial score (nSPS) is 12.5. The van der Waals surface area contributed by atoms with Crippen LogP contribution in [0.5, 0.6) is 0 Å². The molecule has 1 atom stereocenters. The van der Waals surface area contributed by atoms with E-state index in [1.54, 1.807) is 6.07 Å². The lowest BCUT2D eigenvalue weighted by Gasteiger charge is -2.08. The molecule has 0 aromatic heterocycles. The van der Waals surface area contributed by atoms with Gasteiger partial charge in [0.05, 0.1) is 0 Å². The molecule has 0 radical (unpaired) electrons. The Bertz CT molecular complexity index is 315. The number of hydrogen-bond donors (Lipinski definition) is 0. The minimum Gasteiger partial charge on any atom is -0.207 e. The van der Waals surface area contributed by atoms with Crippen LogP contribution in [0.4, 0.5) is 4.39 Å². The molecule has 1 unspecified atom stereocenters. The smallest absolute Gasteiger partial charge is 0.126 e. The second kappa shape index (κ2) is 4.94. The summed E-state index contributed by atoms with van der Waals surface area (Å²) in [4.78, 5) is 0. The van der Waals surface area contributed by atoms with Crippen LogP contribution in [0.2, 0.25) is 0 Å². The molecular weight excluding hydrogens is 175 g/mol. The Morgan fingerprint density at radius 3 is 2.71 bits per heavy atom. The van der Waals surface area contributed by atoms with Crippen LogP contribution in [-0.4, -0.2) is 0 Å². The Balaban J connectivity index is 2.93. The van der Waals surface area contributed by atoms with Crippen molar-refractivity contribution in [3.05, 3.63) is 47.8 Å². The van der Waals surface area contributed by atoms with E-state index in [0.717, 1.165) is 24.0 Å². The van der Waals surface area contributed by atoms with Crippen LogP contribution in [0, 0.1) is 5.82 Å². The number of halogens is 1. The number of hydrogen-bond acceptors (Lipinski definition) is 0. The lowest BCUT2D eigenvalue weighted by Crippen LogP contribution is -1.94. The zero-order chi connectivity index (χ0) is 10.6. The van der Waals surface area contributed by atoms with E-state index in [1.165, 1.54) is 0 Å². The summed E-state index contributed by atoms with van der Waals surface area (Å²) in [5, 5.41) is 0. The van der Waals surface area contributed by atoms with Crippen LogP contribution in [0.25, 0.3) is 0 Å². The third-order valence-electron chi connectivity index (χ3n) is 2.48. The maximum Gasteiger partial charge on any atom is 0.126 e.